The van der Waals surface area contributed by atoms with Crippen LogP contribution in [0.2, 0.25) is 0 Å². The first-order valence-corrected chi connectivity index (χ1v) is 8.27. The summed E-state index contributed by atoms with van der Waals surface area (Å²) in [6, 6.07) is 10.9. The molecule has 1 heterocycles. The molecule has 0 bridgehead atoms. The van der Waals surface area contributed by atoms with Crippen LogP contribution in [-0.2, 0) is 0 Å². The highest BCUT2D eigenvalue weighted by Crippen LogP contribution is 2.29. The van der Waals surface area contributed by atoms with Gasteiger partial charge in [0.25, 0.3) is 0 Å². The molecule has 1 aromatic heterocycles. The van der Waals surface area contributed by atoms with Gasteiger partial charge in [-0.2, -0.15) is 5.26 Å². The lowest BCUT2D eigenvalue weighted by Crippen LogP contribution is -2.27. The van der Waals surface area contributed by atoms with Gasteiger partial charge in [-0.05, 0) is 40.9 Å². The second-order valence-electron chi connectivity index (χ2n) is 5.66. The average Bonchev–Trinajstić information content (AvgIpc) is 2.72. The van der Waals surface area contributed by atoms with Crippen LogP contribution in [0.3, 0.4) is 0 Å². The number of benzene rings is 1. The Hall–Kier alpha value is -1.60. The molecule has 1 N–H and O–H groups in total. The van der Waals surface area contributed by atoms with Crippen molar-refractivity contribution in [1.29, 1.82) is 5.26 Å². The standard InChI is InChI=1S/C17H18BrN3/c18-14-9-12-6-4-8-16(17(12)20-11-14)21-15-7-3-1-2-5-13(15)10-19/h4,6,8-9,11,13,15,21H,1-3,5,7H2. The molecule has 2 atom stereocenters. The zero-order valence-corrected chi connectivity index (χ0v) is 13.4. The molecule has 1 aliphatic carbocycles. The minimum atomic E-state index is 0.0956. The average molecular weight is 344 g/mol. The molecule has 4 heteroatoms. The lowest BCUT2D eigenvalue weighted by Gasteiger charge is -2.22. The van der Waals surface area contributed by atoms with Gasteiger partial charge in [-0.3, -0.25) is 4.98 Å². The van der Waals surface area contributed by atoms with Gasteiger partial charge >= 0.3 is 0 Å². The van der Waals surface area contributed by atoms with Gasteiger partial charge in [-0.15, -0.1) is 0 Å². The molecule has 21 heavy (non-hydrogen) atoms. The number of nitrogens with one attached hydrogen (secondary N) is 1. The van der Waals surface area contributed by atoms with Crippen LogP contribution < -0.4 is 5.32 Å². The van der Waals surface area contributed by atoms with Crippen molar-refractivity contribution in [1.82, 2.24) is 4.98 Å². The van der Waals surface area contributed by atoms with Crippen molar-refractivity contribution >= 4 is 32.5 Å². The van der Waals surface area contributed by atoms with Crippen molar-refractivity contribution < 1.29 is 0 Å². The topological polar surface area (TPSA) is 48.7 Å². The van der Waals surface area contributed by atoms with Gasteiger partial charge in [0.2, 0.25) is 0 Å². The van der Waals surface area contributed by atoms with Crippen LogP contribution in [0.4, 0.5) is 5.69 Å². The van der Waals surface area contributed by atoms with Crippen LogP contribution in [0.1, 0.15) is 32.1 Å². The maximum Gasteiger partial charge on any atom is 0.0934 e. The van der Waals surface area contributed by atoms with Crippen molar-refractivity contribution in [2.45, 2.75) is 38.1 Å². The first kappa shape index (κ1) is 14.3. The number of fused-ring (bicyclic) bond motifs is 1. The van der Waals surface area contributed by atoms with E-state index in [2.05, 4.69) is 50.5 Å². The number of rotatable bonds is 2. The molecule has 3 nitrogen and oxygen atoms in total. The Kier molecular flexibility index (Phi) is 4.40. The maximum absolute atomic E-state index is 9.40. The van der Waals surface area contributed by atoms with Gasteiger partial charge in [-0.1, -0.05) is 31.4 Å². The predicted molar refractivity (Wildman–Crippen MR) is 89.0 cm³/mol. The fourth-order valence-corrected chi connectivity index (χ4v) is 3.43. The molecule has 108 valence electrons. The van der Waals surface area contributed by atoms with Gasteiger partial charge in [0.15, 0.2) is 0 Å². The second-order valence-corrected chi connectivity index (χ2v) is 6.57. The third-order valence-electron chi connectivity index (χ3n) is 4.20. The number of anilines is 1. The highest BCUT2D eigenvalue weighted by molar-refractivity contribution is 9.10. The van der Waals surface area contributed by atoms with E-state index >= 15 is 0 Å². The van der Waals surface area contributed by atoms with Gasteiger partial charge in [0.05, 0.1) is 23.2 Å². The largest absolute Gasteiger partial charge is 0.379 e. The molecule has 0 saturated heterocycles. The molecule has 0 amide bonds. The van der Waals surface area contributed by atoms with E-state index in [-0.39, 0.29) is 12.0 Å². The molecule has 0 aliphatic heterocycles. The summed E-state index contributed by atoms with van der Waals surface area (Å²) in [7, 11) is 0. The van der Waals surface area contributed by atoms with E-state index in [0.717, 1.165) is 40.3 Å². The van der Waals surface area contributed by atoms with E-state index in [1.54, 1.807) is 0 Å². The number of para-hydroxylation sites is 1. The third kappa shape index (κ3) is 3.19. The zero-order valence-electron chi connectivity index (χ0n) is 11.8. The number of nitrogens with zero attached hydrogens (tertiary/aromatic N) is 2. The minimum Gasteiger partial charge on any atom is -0.379 e. The van der Waals surface area contributed by atoms with E-state index < -0.39 is 0 Å². The quantitative estimate of drug-likeness (QED) is 0.790. The Morgan fingerprint density at radius 1 is 1.24 bits per heavy atom. The first-order chi connectivity index (χ1) is 10.3. The van der Waals surface area contributed by atoms with E-state index in [1.807, 2.05) is 12.3 Å². The van der Waals surface area contributed by atoms with Gasteiger partial charge in [0.1, 0.15) is 0 Å². The summed E-state index contributed by atoms with van der Waals surface area (Å²) in [5.74, 6) is 0.0956. The number of aromatic nitrogens is 1. The minimum absolute atomic E-state index is 0.0956. The Morgan fingerprint density at radius 2 is 2.10 bits per heavy atom. The van der Waals surface area contributed by atoms with E-state index in [9.17, 15) is 5.26 Å². The van der Waals surface area contributed by atoms with Crippen molar-refractivity contribution in [2.24, 2.45) is 5.92 Å². The third-order valence-corrected chi connectivity index (χ3v) is 4.63. The van der Waals surface area contributed by atoms with Crippen LogP contribution in [0.5, 0.6) is 0 Å². The summed E-state index contributed by atoms with van der Waals surface area (Å²) in [4.78, 5) is 4.53. The molecular weight excluding hydrogens is 326 g/mol. The SMILES string of the molecule is N#CC1CCCCCC1Nc1cccc2cc(Br)cnc12. The van der Waals surface area contributed by atoms with E-state index in [4.69, 9.17) is 0 Å². The second kappa shape index (κ2) is 6.44. The summed E-state index contributed by atoms with van der Waals surface area (Å²) >= 11 is 3.46. The highest BCUT2D eigenvalue weighted by Gasteiger charge is 2.23. The Labute approximate surface area is 133 Å². The number of nitriles is 1. The van der Waals surface area contributed by atoms with Crippen molar-refractivity contribution in [3.63, 3.8) is 0 Å². The fraction of sp³-hybridized carbons (Fsp3) is 0.412. The summed E-state index contributed by atoms with van der Waals surface area (Å²) in [6.45, 7) is 0. The van der Waals surface area contributed by atoms with E-state index in [1.165, 1.54) is 12.8 Å². The molecule has 1 aliphatic rings. The molecule has 2 unspecified atom stereocenters. The number of hydrogen-bond acceptors (Lipinski definition) is 3. The predicted octanol–water partition coefficient (Wildman–Crippen LogP) is 4.88. The van der Waals surface area contributed by atoms with Crippen LogP contribution in [-0.4, -0.2) is 11.0 Å². The van der Waals surface area contributed by atoms with Crippen molar-refractivity contribution in [3.05, 3.63) is 34.9 Å². The summed E-state index contributed by atoms with van der Waals surface area (Å²) in [6.07, 6.45) is 7.47. The monoisotopic (exact) mass is 343 g/mol. The lowest BCUT2D eigenvalue weighted by atomic mass is 9.96. The normalized spacial score (nSPS) is 22.5. The lowest BCUT2D eigenvalue weighted by molar-refractivity contribution is 0.514. The number of hydrogen-bond donors (Lipinski definition) is 1. The summed E-state index contributed by atoms with van der Waals surface area (Å²) in [5, 5.41) is 14.1. The Bertz CT molecular complexity index is 677. The number of pyridine rings is 1. The summed E-state index contributed by atoms with van der Waals surface area (Å²) in [5.41, 5.74) is 2.01. The van der Waals surface area contributed by atoms with Crippen molar-refractivity contribution in [2.75, 3.05) is 5.32 Å². The number of halogens is 1. The molecular formula is C17H18BrN3. The van der Waals surface area contributed by atoms with Crippen LogP contribution >= 0.6 is 15.9 Å². The molecule has 1 fully saturated rings. The first-order valence-electron chi connectivity index (χ1n) is 7.48. The van der Waals surface area contributed by atoms with E-state index in [0.29, 0.717) is 0 Å². The molecule has 0 radical (unpaired) electrons. The Morgan fingerprint density at radius 3 is 2.95 bits per heavy atom. The molecule has 1 saturated carbocycles. The maximum atomic E-state index is 9.40. The van der Waals surface area contributed by atoms with Gasteiger partial charge in [-0.25, -0.2) is 0 Å². The van der Waals surface area contributed by atoms with Gasteiger partial charge in [0, 0.05) is 22.1 Å². The highest BCUT2D eigenvalue weighted by atomic mass is 79.9. The van der Waals surface area contributed by atoms with Gasteiger partial charge < -0.3 is 5.32 Å². The van der Waals surface area contributed by atoms with Crippen LogP contribution in [0.15, 0.2) is 34.9 Å². The smallest absolute Gasteiger partial charge is 0.0934 e. The van der Waals surface area contributed by atoms with Crippen molar-refractivity contribution in [3.8, 4) is 6.07 Å². The zero-order chi connectivity index (χ0) is 14.7. The van der Waals surface area contributed by atoms with Crippen LogP contribution in [0, 0.1) is 17.2 Å². The molecule has 1 aromatic carbocycles. The van der Waals surface area contributed by atoms with Crippen LogP contribution in [0.25, 0.3) is 10.9 Å². The summed E-state index contributed by atoms with van der Waals surface area (Å²) < 4.78 is 0.983. The molecule has 0 spiro atoms. The molecule has 3 rings (SSSR count). The Balaban J connectivity index is 1.91. The fourth-order valence-electron chi connectivity index (χ4n) is 3.09. The molecule has 2 aromatic rings.